The van der Waals surface area contributed by atoms with Crippen LogP contribution in [0.15, 0.2) is 4.52 Å². The van der Waals surface area contributed by atoms with Gasteiger partial charge in [0.15, 0.2) is 0 Å². The number of nitrogens with zero attached hydrogens (tertiary/aromatic N) is 5. The van der Waals surface area contributed by atoms with E-state index in [1.54, 1.807) is 25.9 Å². The minimum atomic E-state index is -0.401. The molecule has 8 heteroatoms. The maximum Gasteiger partial charge on any atom is 0.333 e. The van der Waals surface area contributed by atoms with E-state index < -0.39 is 4.92 Å². The lowest BCUT2D eigenvalue weighted by Crippen LogP contribution is -2.21. The van der Waals surface area contributed by atoms with Crippen molar-refractivity contribution in [2.75, 3.05) is 11.9 Å². The summed E-state index contributed by atoms with van der Waals surface area (Å²) in [6, 6.07) is 0. The molecule has 8 nitrogen and oxygen atoms in total. The zero-order valence-corrected chi connectivity index (χ0v) is 12.2. The van der Waals surface area contributed by atoms with Crippen LogP contribution in [0.2, 0.25) is 0 Å². The van der Waals surface area contributed by atoms with Crippen LogP contribution in [0.4, 0.5) is 11.5 Å². The molecular weight excluding hydrogens is 262 g/mol. The molecule has 0 aromatic carbocycles. The number of nitro groups is 1. The lowest BCUT2D eigenvalue weighted by Gasteiger charge is -2.18. The molecule has 2 aromatic heterocycles. The zero-order valence-electron chi connectivity index (χ0n) is 12.2. The van der Waals surface area contributed by atoms with Gasteiger partial charge in [-0.15, -0.1) is 0 Å². The highest BCUT2D eigenvalue weighted by Crippen LogP contribution is 2.31. The summed E-state index contributed by atoms with van der Waals surface area (Å²) in [4.78, 5) is 12.6. The first-order chi connectivity index (χ1) is 9.32. The predicted octanol–water partition coefficient (Wildman–Crippen LogP) is 1.88. The van der Waals surface area contributed by atoms with Gasteiger partial charge in [0.25, 0.3) is 0 Å². The first kappa shape index (κ1) is 14.0. The molecule has 0 unspecified atom stereocenters. The Morgan fingerprint density at radius 3 is 2.50 bits per heavy atom. The number of aromatic nitrogens is 3. The van der Waals surface area contributed by atoms with E-state index >= 15 is 0 Å². The number of rotatable bonds is 4. The van der Waals surface area contributed by atoms with Crippen LogP contribution >= 0.6 is 0 Å². The van der Waals surface area contributed by atoms with Gasteiger partial charge in [-0.2, -0.15) is 5.10 Å². The minimum Gasteiger partial charge on any atom is -0.361 e. The van der Waals surface area contributed by atoms with Crippen molar-refractivity contribution in [1.29, 1.82) is 0 Å². The summed E-state index contributed by atoms with van der Waals surface area (Å²) in [6.07, 6.45) is 0. The van der Waals surface area contributed by atoms with E-state index in [4.69, 9.17) is 4.52 Å². The zero-order chi connectivity index (χ0) is 15.0. The molecule has 2 heterocycles. The molecule has 0 aliphatic carbocycles. The SMILES string of the molecule is Cc1noc(C)c1CN(C)c1c([N+](=O)[O-])c(C)nn1C. The maximum atomic E-state index is 11.2. The Bertz CT molecular complexity index is 639. The molecule has 2 aromatic rings. The topological polar surface area (TPSA) is 90.2 Å². The van der Waals surface area contributed by atoms with Crippen molar-refractivity contribution in [3.8, 4) is 0 Å². The minimum absolute atomic E-state index is 0.0294. The van der Waals surface area contributed by atoms with Gasteiger partial charge in [0.2, 0.25) is 5.82 Å². The van der Waals surface area contributed by atoms with Crippen molar-refractivity contribution in [3.05, 3.63) is 32.8 Å². The number of hydrogen-bond acceptors (Lipinski definition) is 6. The Kier molecular flexibility index (Phi) is 3.47. The van der Waals surface area contributed by atoms with Gasteiger partial charge in [0.1, 0.15) is 11.5 Å². The normalized spacial score (nSPS) is 10.8. The molecule has 0 spiro atoms. The van der Waals surface area contributed by atoms with Crippen LogP contribution in [0.25, 0.3) is 0 Å². The first-order valence-corrected chi connectivity index (χ1v) is 6.13. The van der Waals surface area contributed by atoms with E-state index in [-0.39, 0.29) is 5.69 Å². The van der Waals surface area contributed by atoms with Gasteiger partial charge in [-0.3, -0.25) is 10.1 Å². The van der Waals surface area contributed by atoms with E-state index in [2.05, 4.69) is 10.3 Å². The van der Waals surface area contributed by atoms with Gasteiger partial charge in [-0.25, -0.2) is 4.68 Å². The summed E-state index contributed by atoms with van der Waals surface area (Å²) >= 11 is 0. The van der Waals surface area contributed by atoms with Crippen molar-refractivity contribution in [2.45, 2.75) is 27.3 Å². The third kappa shape index (κ3) is 2.24. The van der Waals surface area contributed by atoms with E-state index in [0.717, 1.165) is 17.0 Å². The van der Waals surface area contributed by atoms with Crippen LogP contribution in [-0.2, 0) is 13.6 Å². The van der Waals surface area contributed by atoms with Gasteiger partial charge in [-0.05, 0) is 20.8 Å². The smallest absolute Gasteiger partial charge is 0.333 e. The Balaban J connectivity index is 2.39. The molecule has 0 N–H and O–H groups in total. The molecule has 108 valence electrons. The van der Waals surface area contributed by atoms with Gasteiger partial charge >= 0.3 is 5.69 Å². The van der Waals surface area contributed by atoms with Crippen molar-refractivity contribution < 1.29 is 9.45 Å². The quantitative estimate of drug-likeness (QED) is 0.627. The third-order valence-electron chi connectivity index (χ3n) is 3.28. The molecule has 0 radical (unpaired) electrons. The van der Waals surface area contributed by atoms with Crippen LogP contribution in [0.3, 0.4) is 0 Å². The second kappa shape index (κ2) is 4.95. The van der Waals surface area contributed by atoms with Crippen molar-refractivity contribution in [3.63, 3.8) is 0 Å². The second-order valence-corrected chi connectivity index (χ2v) is 4.80. The summed E-state index contributed by atoms with van der Waals surface area (Å²) in [5.74, 6) is 1.18. The Hall–Kier alpha value is -2.38. The lowest BCUT2D eigenvalue weighted by atomic mass is 10.2. The number of hydrogen-bond donors (Lipinski definition) is 0. The lowest BCUT2D eigenvalue weighted by molar-refractivity contribution is -0.384. The first-order valence-electron chi connectivity index (χ1n) is 6.13. The van der Waals surface area contributed by atoms with Crippen molar-refractivity contribution in [2.24, 2.45) is 7.05 Å². The molecular formula is C12H17N5O3. The van der Waals surface area contributed by atoms with E-state index in [1.807, 2.05) is 13.8 Å². The largest absolute Gasteiger partial charge is 0.361 e. The Labute approximate surface area is 116 Å². The van der Waals surface area contributed by atoms with Gasteiger partial charge in [0.05, 0.1) is 10.6 Å². The molecule has 0 fully saturated rings. The Morgan fingerprint density at radius 1 is 1.35 bits per heavy atom. The maximum absolute atomic E-state index is 11.2. The monoisotopic (exact) mass is 279 g/mol. The van der Waals surface area contributed by atoms with Gasteiger partial charge < -0.3 is 9.42 Å². The molecule has 0 aliphatic heterocycles. The van der Waals surface area contributed by atoms with Gasteiger partial charge in [0, 0.05) is 26.2 Å². The molecule has 0 amide bonds. The van der Waals surface area contributed by atoms with Crippen LogP contribution in [-0.4, -0.2) is 26.9 Å². The molecule has 0 saturated carbocycles. The number of anilines is 1. The standard InChI is InChI=1S/C12H17N5O3/c1-7-10(9(3)20-14-7)6-15(4)12-11(17(18)19)8(2)13-16(12)5/h6H2,1-5H3. The predicted molar refractivity (Wildman–Crippen MR) is 72.7 cm³/mol. The van der Waals surface area contributed by atoms with Crippen LogP contribution in [0.1, 0.15) is 22.7 Å². The fraction of sp³-hybridized carbons (Fsp3) is 0.500. The molecule has 0 aliphatic rings. The van der Waals surface area contributed by atoms with E-state index in [0.29, 0.717) is 18.1 Å². The molecule has 2 rings (SSSR count). The fourth-order valence-corrected chi connectivity index (χ4v) is 2.32. The molecule has 0 atom stereocenters. The average molecular weight is 279 g/mol. The second-order valence-electron chi connectivity index (χ2n) is 4.80. The molecule has 0 saturated heterocycles. The van der Waals surface area contributed by atoms with Crippen molar-refractivity contribution in [1.82, 2.24) is 14.9 Å². The van der Waals surface area contributed by atoms with Crippen molar-refractivity contribution >= 4 is 11.5 Å². The average Bonchev–Trinajstić information content (AvgIpc) is 2.82. The molecule has 0 bridgehead atoms. The van der Waals surface area contributed by atoms with Gasteiger partial charge in [-0.1, -0.05) is 5.16 Å². The van der Waals surface area contributed by atoms with E-state index in [9.17, 15) is 10.1 Å². The molecule has 20 heavy (non-hydrogen) atoms. The van der Waals surface area contributed by atoms with Crippen LogP contribution < -0.4 is 4.90 Å². The highest BCUT2D eigenvalue weighted by molar-refractivity contribution is 5.61. The summed E-state index contributed by atoms with van der Waals surface area (Å²) in [5, 5.41) is 19.2. The summed E-state index contributed by atoms with van der Waals surface area (Å²) < 4.78 is 6.63. The van der Waals surface area contributed by atoms with E-state index in [1.165, 1.54) is 4.68 Å². The Morgan fingerprint density at radius 2 is 2.00 bits per heavy atom. The summed E-state index contributed by atoms with van der Waals surface area (Å²) in [7, 11) is 3.48. The summed E-state index contributed by atoms with van der Waals surface area (Å²) in [5.41, 5.74) is 2.15. The fourth-order valence-electron chi connectivity index (χ4n) is 2.32. The summed E-state index contributed by atoms with van der Waals surface area (Å²) in [6.45, 7) is 5.78. The third-order valence-corrected chi connectivity index (χ3v) is 3.28. The van der Waals surface area contributed by atoms with Crippen LogP contribution in [0.5, 0.6) is 0 Å². The highest BCUT2D eigenvalue weighted by atomic mass is 16.6. The number of aryl methyl sites for hydroxylation is 4. The van der Waals surface area contributed by atoms with Crippen LogP contribution in [0, 0.1) is 30.9 Å². The highest BCUT2D eigenvalue weighted by Gasteiger charge is 2.27.